The monoisotopic (exact) mass is 276 g/mol. The van der Waals surface area contributed by atoms with E-state index in [1.165, 1.54) is 0 Å². The molecule has 0 amide bonds. The molecule has 1 aromatic rings. The number of ether oxygens (including phenoxy) is 1. The molecule has 20 heavy (non-hydrogen) atoms. The zero-order valence-corrected chi connectivity index (χ0v) is 13.0. The fraction of sp³-hybridized carbons (Fsp3) is 0.529. The van der Waals surface area contributed by atoms with E-state index >= 15 is 0 Å². The molecule has 3 nitrogen and oxygen atoms in total. The summed E-state index contributed by atoms with van der Waals surface area (Å²) in [4.78, 5) is 24.1. The van der Waals surface area contributed by atoms with Crippen LogP contribution in [0.4, 0.5) is 0 Å². The lowest BCUT2D eigenvalue weighted by molar-refractivity contribution is 0.0458. The van der Waals surface area contributed by atoms with Crippen LogP contribution in [-0.4, -0.2) is 18.4 Å². The van der Waals surface area contributed by atoms with Crippen LogP contribution < -0.4 is 0 Å². The highest BCUT2D eigenvalue weighted by molar-refractivity contribution is 6.00. The van der Waals surface area contributed by atoms with E-state index in [2.05, 4.69) is 0 Å². The van der Waals surface area contributed by atoms with Crippen LogP contribution in [0.25, 0.3) is 0 Å². The minimum Gasteiger partial charge on any atom is -0.462 e. The molecule has 3 heteroatoms. The Kier molecular flexibility index (Phi) is 5.49. The third kappa shape index (κ3) is 4.19. The summed E-state index contributed by atoms with van der Waals surface area (Å²) in [5, 5.41) is 0. The van der Waals surface area contributed by atoms with Crippen molar-refractivity contribution < 1.29 is 14.3 Å². The third-order valence-corrected chi connectivity index (χ3v) is 3.43. The van der Waals surface area contributed by atoms with Gasteiger partial charge in [0.25, 0.3) is 0 Å². The first-order chi connectivity index (χ1) is 9.27. The first-order valence-corrected chi connectivity index (χ1v) is 7.10. The van der Waals surface area contributed by atoms with Gasteiger partial charge in [-0.25, -0.2) is 4.79 Å². The number of rotatable bonds is 6. The number of hydrogen-bond acceptors (Lipinski definition) is 3. The van der Waals surface area contributed by atoms with Gasteiger partial charge in [0.05, 0.1) is 12.2 Å². The largest absolute Gasteiger partial charge is 0.462 e. The van der Waals surface area contributed by atoms with E-state index in [-0.39, 0.29) is 17.2 Å². The van der Waals surface area contributed by atoms with E-state index in [0.717, 1.165) is 6.42 Å². The minimum absolute atomic E-state index is 0.0992. The summed E-state index contributed by atoms with van der Waals surface area (Å²) >= 11 is 0. The average molecular weight is 276 g/mol. The number of ketones is 1. The molecule has 0 saturated carbocycles. The molecule has 0 atom stereocenters. The molecule has 110 valence electrons. The summed E-state index contributed by atoms with van der Waals surface area (Å²) in [6, 6.07) is 6.71. The lowest BCUT2D eigenvalue weighted by atomic mass is 9.82. The van der Waals surface area contributed by atoms with Crippen LogP contribution in [0.15, 0.2) is 24.3 Å². The number of esters is 1. The van der Waals surface area contributed by atoms with Crippen LogP contribution in [-0.2, 0) is 4.74 Å². The number of hydrogen-bond donors (Lipinski definition) is 0. The van der Waals surface area contributed by atoms with Crippen molar-refractivity contribution in [2.45, 2.75) is 41.0 Å². The van der Waals surface area contributed by atoms with Gasteiger partial charge < -0.3 is 4.74 Å². The lowest BCUT2D eigenvalue weighted by Gasteiger charge is -2.20. The number of carbonyl (C=O) groups is 2. The Morgan fingerprint density at radius 3 is 2.05 bits per heavy atom. The van der Waals surface area contributed by atoms with Crippen molar-refractivity contribution >= 4 is 11.8 Å². The van der Waals surface area contributed by atoms with Gasteiger partial charge in [-0.15, -0.1) is 0 Å². The molecular formula is C17H24O3. The zero-order valence-electron chi connectivity index (χ0n) is 13.0. The maximum absolute atomic E-state index is 12.3. The Bertz CT molecular complexity index is 470. The van der Waals surface area contributed by atoms with Gasteiger partial charge in [0.15, 0.2) is 5.78 Å². The Hall–Kier alpha value is -1.64. The Morgan fingerprint density at radius 2 is 1.60 bits per heavy atom. The molecule has 0 fully saturated rings. The van der Waals surface area contributed by atoms with Gasteiger partial charge in [0, 0.05) is 11.0 Å². The topological polar surface area (TPSA) is 43.4 Å². The van der Waals surface area contributed by atoms with Gasteiger partial charge in [0.2, 0.25) is 0 Å². The first kappa shape index (κ1) is 16.4. The van der Waals surface area contributed by atoms with E-state index in [0.29, 0.717) is 23.7 Å². The maximum atomic E-state index is 12.3. The van der Waals surface area contributed by atoms with Crippen LogP contribution >= 0.6 is 0 Å². The highest BCUT2D eigenvalue weighted by Gasteiger charge is 2.26. The zero-order chi connectivity index (χ0) is 15.3. The second-order valence-electron chi connectivity index (χ2n) is 6.14. The summed E-state index contributed by atoms with van der Waals surface area (Å²) in [5.41, 5.74) is 0.744. The van der Waals surface area contributed by atoms with E-state index in [1.54, 1.807) is 24.3 Å². The summed E-state index contributed by atoms with van der Waals surface area (Å²) < 4.78 is 5.15. The first-order valence-electron chi connectivity index (χ1n) is 7.10. The molecule has 0 spiro atoms. The molecule has 0 aromatic heterocycles. The molecule has 0 radical (unpaired) electrons. The van der Waals surface area contributed by atoms with E-state index in [9.17, 15) is 9.59 Å². The van der Waals surface area contributed by atoms with Crippen LogP contribution in [0, 0.1) is 11.3 Å². The van der Waals surface area contributed by atoms with Crippen molar-refractivity contribution in [1.29, 1.82) is 0 Å². The van der Waals surface area contributed by atoms with Gasteiger partial charge >= 0.3 is 5.97 Å². The second-order valence-corrected chi connectivity index (χ2v) is 6.14. The van der Waals surface area contributed by atoms with Crippen LogP contribution in [0.2, 0.25) is 0 Å². The molecule has 0 aliphatic heterocycles. The molecule has 1 rings (SSSR count). The molecule has 1 aromatic carbocycles. The van der Waals surface area contributed by atoms with E-state index in [4.69, 9.17) is 4.74 Å². The highest BCUT2D eigenvalue weighted by atomic mass is 16.5. The predicted molar refractivity (Wildman–Crippen MR) is 80.0 cm³/mol. The van der Waals surface area contributed by atoms with Gasteiger partial charge in [0.1, 0.15) is 0 Å². The summed E-state index contributed by atoms with van der Waals surface area (Å²) in [5.74, 6) is 0.0692. The molecular weight excluding hydrogens is 252 g/mol. The van der Waals surface area contributed by atoms with Crippen molar-refractivity contribution in [3.05, 3.63) is 35.4 Å². The van der Waals surface area contributed by atoms with Crippen molar-refractivity contribution in [3.8, 4) is 0 Å². The van der Waals surface area contributed by atoms with Gasteiger partial charge in [-0.2, -0.15) is 0 Å². The minimum atomic E-state index is -0.375. The van der Waals surface area contributed by atoms with E-state index < -0.39 is 0 Å². The summed E-state index contributed by atoms with van der Waals surface area (Å²) in [6.45, 7) is 10.2. The Balaban J connectivity index is 2.79. The lowest BCUT2D eigenvalue weighted by Crippen LogP contribution is -2.23. The normalized spacial score (nSPS) is 11.5. The molecule has 0 unspecified atom stereocenters. The molecule has 0 aliphatic carbocycles. The van der Waals surface area contributed by atoms with Crippen molar-refractivity contribution in [1.82, 2.24) is 0 Å². The summed E-state index contributed by atoms with van der Waals surface area (Å²) in [7, 11) is 0. The molecule has 0 saturated heterocycles. The van der Waals surface area contributed by atoms with Crippen LogP contribution in [0.1, 0.15) is 61.8 Å². The standard InChI is InChI=1S/C17H24O3/c1-6-17(4,5)15(18)13-7-9-14(10-8-13)16(19)20-11-12(2)3/h7-10,12H,6,11H2,1-5H3. The smallest absolute Gasteiger partial charge is 0.338 e. The quantitative estimate of drug-likeness (QED) is 0.580. The fourth-order valence-corrected chi connectivity index (χ4v) is 1.63. The molecule has 0 aliphatic rings. The molecule has 0 bridgehead atoms. The SMILES string of the molecule is CCC(C)(C)C(=O)c1ccc(C(=O)OCC(C)C)cc1. The Morgan fingerprint density at radius 1 is 1.10 bits per heavy atom. The number of carbonyl (C=O) groups excluding carboxylic acids is 2. The van der Waals surface area contributed by atoms with Gasteiger partial charge in [-0.3, -0.25) is 4.79 Å². The number of benzene rings is 1. The maximum Gasteiger partial charge on any atom is 0.338 e. The van der Waals surface area contributed by atoms with E-state index in [1.807, 2.05) is 34.6 Å². The highest BCUT2D eigenvalue weighted by Crippen LogP contribution is 2.25. The molecule has 0 heterocycles. The second kappa shape index (κ2) is 6.69. The van der Waals surface area contributed by atoms with Crippen molar-refractivity contribution in [3.63, 3.8) is 0 Å². The van der Waals surface area contributed by atoms with Crippen LogP contribution in [0.3, 0.4) is 0 Å². The third-order valence-electron chi connectivity index (χ3n) is 3.43. The average Bonchev–Trinajstić information content (AvgIpc) is 2.44. The van der Waals surface area contributed by atoms with Crippen molar-refractivity contribution in [2.75, 3.05) is 6.61 Å². The van der Waals surface area contributed by atoms with Crippen LogP contribution in [0.5, 0.6) is 0 Å². The van der Waals surface area contributed by atoms with Gasteiger partial charge in [-0.1, -0.05) is 46.8 Å². The number of Topliss-reactive ketones (excluding diaryl/α,β-unsaturated/α-hetero) is 1. The Labute approximate surface area is 121 Å². The predicted octanol–water partition coefficient (Wildman–Crippen LogP) is 4.12. The fourth-order valence-electron chi connectivity index (χ4n) is 1.63. The van der Waals surface area contributed by atoms with Crippen molar-refractivity contribution in [2.24, 2.45) is 11.3 Å². The van der Waals surface area contributed by atoms with Gasteiger partial charge in [-0.05, 0) is 24.5 Å². The summed E-state index contributed by atoms with van der Waals surface area (Å²) in [6.07, 6.45) is 0.782. The molecule has 0 N–H and O–H groups in total.